The van der Waals surface area contributed by atoms with E-state index in [1.54, 1.807) is 13.0 Å². The summed E-state index contributed by atoms with van der Waals surface area (Å²) in [5.74, 6) is -1.79. The van der Waals surface area contributed by atoms with Gasteiger partial charge in [-0.05, 0) is 25.1 Å². The molecule has 0 unspecified atom stereocenters. The lowest BCUT2D eigenvalue weighted by Crippen LogP contribution is -2.03. The first-order valence-corrected chi connectivity index (χ1v) is 5.26. The zero-order valence-corrected chi connectivity index (χ0v) is 9.65. The zero-order valence-electron chi connectivity index (χ0n) is 9.65. The number of halogens is 2. The molecule has 1 heterocycles. The standard InChI is InChI=1S/C12H11F2N3O/c1-7-4-8(6-15)17-12(16-7)18-9-2-3-10(13)11(14)5-9/h2-5H,6,15H2,1H3. The van der Waals surface area contributed by atoms with Crippen molar-refractivity contribution in [3.8, 4) is 11.8 Å². The van der Waals surface area contributed by atoms with Crippen molar-refractivity contribution >= 4 is 0 Å². The quantitative estimate of drug-likeness (QED) is 0.909. The fraction of sp³-hybridized carbons (Fsp3) is 0.167. The second-order valence-corrected chi connectivity index (χ2v) is 3.67. The summed E-state index contributed by atoms with van der Waals surface area (Å²) in [6.45, 7) is 2.01. The second kappa shape index (κ2) is 5.05. The maximum Gasteiger partial charge on any atom is 0.322 e. The third-order valence-electron chi connectivity index (χ3n) is 2.20. The van der Waals surface area contributed by atoms with Crippen molar-refractivity contribution in [3.05, 3.63) is 47.3 Å². The Morgan fingerprint density at radius 3 is 2.61 bits per heavy atom. The molecule has 0 saturated heterocycles. The van der Waals surface area contributed by atoms with Crippen molar-refractivity contribution in [2.75, 3.05) is 0 Å². The maximum atomic E-state index is 13.0. The van der Waals surface area contributed by atoms with E-state index in [0.29, 0.717) is 11.4 Å². The molecule has 0 bridgehead atoms. The first kappa shape index (κ1) is 12.4. The van der Waals surface area contributed by atoms with Gasteiger partial charge in [0.1, 0.15) is 5.75 Å². The number of hydrogen-bond acceptors (Lipinski definition) is 4. The minimum Gasteiger partial charge on any atom is -0.424 e. The van der Waals surface area contributed by atoms with Crippen LogP contribution in [0.1, 0.15) is 11.4 Å². The number of benzene rings is 1. The highest BCUT2D eigenvalue weighted by molar-refractivity contribution is 5.26. The van der Waals surface area contributed by atoms with Crippen LogP contribution in [0.4, 0.5) is 8.78 Å². The molecule has 1 aromatic heterocycles. The number of ether oxygens (including phenoxy) is 1. The van der Waals surface area contributed by atoms with Crippen molar-refractivity contribution < 1.29 is 13.5 Å². The predicted molar refractivity (Wildman–Crippen MR) is 61.1 cm³/mol. The Bertz CT molecular complexity index is 575. The Hall–Kier alpha value is -2.08. The molecule has 0 spiro atoms. The van der Waals surface area contributed by atoms with Gasteiger partial charge >= 0.3 is 6.01 Å². The van der Waals surface area contributed by atoms with Gasteiger partial charge in [0.05, 0.1) is 5.69 Å². The lowest BCUT2D eigenvalue weighted by Gasteiger charge is -2.06. The monoisotopic (exact) mass is 251 g/mol. The van der Waals surface area contributed by atoms with Gasteiger partial charge in [-0.1, -0.05) is 0 Å². The molecule has 0 aliphatic rings. The molecule has 0 amide bonds. The molecule has 6 heteroatoms. The lowest BCUT2D eigenvalue weighted by atomic mass is 10.3. The third-order valence-corrected chi connectivity index (χ3v) is 2.20. The fourth-order valence-corrected chi connectivity index (χ4v) is 1.40. The highest BCUT2D eigenvalue weighted by atomic mass is 19.2. The molecular weight excluding hydrogens is 240 g/mol. The normalized spacial score (nSPS) is 10.4. The smallest absolute Gasteiger partial charge is 0.322 e. The molecule has 4 nitrogen and oxygen atoms in total. The minimum atomic E-state index is -0.987. The van der Waals surface area contributed by atoms with E-state index in [1.165, 1.54) is 6.07 Å². The summed E-state index contributed by atoms with van der Waals surface area (Å²) in [6, 6.07) is 4.99. The van der Waals surface area contributed by atoms with E-state index < -0.39 is 11.6 Å². The van der Waals surface area contributed by atoms with Crippen LogP contribution in [0.2, 0.25) is 0 Å². The Morgan fingerprint density at radius 2 is 1.94 bits per heavy atom. The number of aryl methyl sites for hydroxylation is 1. The van der Waals surface area contributed by atoms with Crippen LogP contribution in [0.3, 0.4) is 0 Å². The molecule has 0 saturated carbocycles. The van der Waals surface area contributed by atoms with Gasteiger partial charge in [-0.3, -0.25) is 0 Å². The van der Waals surface area contributed by atoms with Gasteiger partial charge in [-0.2, -0.15) is 4.98 Å². The van der Waals surface area contributed by atoms with E-state index in [0.717, 1.165) is 12.1 Å². The number of nitrogens with two attached hydrogens (primary N) is 1. The number of aromatic nitrogens is 2. The Morgan fingerprint density at radius 1 is 1.17 bits per heavy atom. The molecule has 0 aliphatic heterocycles. The number of hydrogen-bond donors (Lipinski definition) is 1. The topological polar surface area (TPSA) is 61.0 Å². The molecule has 94 valence electrons. The largest absolute Gasteiger partial charge is 0.424 e. The van der Waals surface area contributed by atoms with Crippen LogP contribution in [0.5, 0.6) is 11.8 Å². The summed E-state index contributed by atoms with van der Waals surface area (Å²) >= 11 is 0. The van der Waals surface area contributed by atoms with Crippen LogP contribution in [0.25, 0.3) is 0 Å². The van der Waals surface area contributed by atoms with Crippen LogP contribution in [-0.4, -0.2) is 9.97 Å². The second-order valence-electron chi connectivity index (χ2n) is 3.67. The molecule has 2 rings (SSSR count). The summed E-state index contributed by atoms with van der Waals surface area (Å²) < 4.78 is 31.0. The molecule has 18 heavy (non-hydrogen) atoms. The summed E-state index contributed by atoms with van der Waals surface area (Å²) in [5.41, 5.74) is 6.76. The van der Waals surface area contributed by atoms with Crippen molar-refractivity contribution in [1.29, 1.82) is 0 Å². The van der Waals surface area contributed by atoms with E-state index in [1.807, 2.05) is 0 Å². The van der Waals surface area contributed by atoms with Crippen molar-refractivity contribution in [2.45, 2.75) is 13.5 Å². The summed E-state index contributed by atoms with van der Waals surface area (Å²) in [5, 5.41) is 0. The SMILES string of the molecule is Cc1cc(CN)nc(Oc2ccc(F)c(F)c2)n1. The Labute approximate surface area is 102 Å². The zero-order chi connectivity index (χ0) is 13.1. The first-order chi connectivity index (χ1) is 8.58. The van der Waals surface area contributed by atoms with E-state index in [-0.39, 0.29) is 18.3 Å². The minimum absolute atomic E-state index is 0.0569. The molecule has 0 fully saturated rings. The third kappa shape index (κ3) is 2.78. The number of nitrogens with zero attached hydrogens (tertiary/aromatic N) is 2. The van der Waals surface area contributed by atoms with Crippen LogP contribution in [0.15, 0.2) is 24.3 Å². The number of rotatable bonds is 3. The first-order valence-electron chi connectivity index (χ1n) is 5.26. The Balaban J connectivity index is 2.27. The van der Waals surface area contributed by atoms with E-state index in [2.05, 4.69) is 9.97 Å². The molecule has 1 aromatic carbocycles. The van der Waals surface area contributed by atoms with Gasteiger partial charge < -0.3 is 10.5 Å². The van der Waals surface area contributed by atoms with Gasteiger partial charge in [-0.15, -0.1) is 0 Å². The summed E-state index contributed by atoms with van der Waals surface area (Å²) in [6.07, 6.45) is 0. The predicted octanol–water partition coefficient (Wildman–Crippen LogP) is 2.31. The average Bonchev–Trinajstić information content (AvgIpc) is 2.33. The molecule has 0 atom stereocenters. The molecule has 2 aromatic rings. The van der Waals surface area contributed by atoms with Crippen LogP contribution in [-0.2, 0) is 6.54 Å². The summed E-state index contributed by atoms with van der Waals surface area (Å²) in [7, 11) is 0. The summed E-state index contributed by atoms with van der Waals surface area (Å²) in [4.78, 5) is 8.05. The van der Waals surface area contributed by atoms with Gasteiger partial charge in [0.25, 0.3) is 0 Å². The molecule has 2 N–H and O–H groups in total. The van der Waals surface area contributed by atoms with E-state index in [4.69, 9.17) is 10.5 Å². The highest BCUT2D eigenvalue weighted by Gasteiger charge is 2.07. The molecule has 0 aliphatic carbocycles. The van der Waals surface area contributed by atoms with Crippen LogP contribution < -0.4 is 10.5 Å². The van der Waals surface area contributed by atoms with Gasteiger partial charge in [0, 0.05) is 18.3 Å². The van der Waals surface area contributed by atoms with Crippen molar-refractivity contribution in [3.63, 3.8) is 0 Å². The Kier molecular flexibility index (Phi) is 3.47. The van der Waals surface area contributed by atoms with Gasteiger partial charge in [0.15, 0.2) is 11.6 Å². The van der Waals surface area contributed by atoms with Crippen LogP contribution in [0, 0.1) is 18.6 Å². The highest BCUT2D eigenvalue weighted by Crippen LogP contribution is 2.20. The van der Waals surface area contributed by atoms with E-state index >= 15 is 0 Å². The van der Waals surface area contributed by atoms with Gasteiger partial charge in [0.2, 0.25) is 0 Å². The van der Waals surface area contributed by atoms with Gasteiger partial charge in [-0.25, -0.2) is 13.8 Å². The van der Waals surface area contributed by atoms with Crippen molar-refractivity contribution in [1.82, 2.24) is 9.97 Å². The maximum absolute atomic E-state index is 13.0. The lowest BCUT2D eigenvalue weighted by molar-refractivity contribution is 0.427. The molecular formula is C12H11F2N3O. The fourth-order valence-electron chi connectivity index (χ4n) is 1.40. The van der Waals surface area contributed by atoms with E-state index in [9.17, 15) is 8.78 Å². The average molecular weight is 251 g/mol. The van der Waals surface area contributed by atoms with Crippen LogP contribution >= 0.6 is 0 Å². The van der Waals surface area contributed by atoms with Crippen molar-refractivity contribution in [2.24, 2.45) is 5.73 Å². The molecule has 0 radical (unpaired) electrons.